The molecule has 9 nitrogen and oxygen atoms in total. The Hall–Kier alpha value is -3.28. The van der Waals surface area contributed by atoms with Crippen LogP contribution in [0.5, 0.6) is 0 Å². The third-order valence-corrected chi connectivity index (χ3v) is 8.01. The summed E-state index contributed by atoms with van der Waals surface area (Å²) >= 11 is 0. The van der Waals surface area contributed by atoms with Gasteiger partial charge in [-0.2, -0.15) is 5.10 Å². The molecule has 0 aliphatic carbocycles. The Labute approximate surface area is 209 Å². The number of hydrogen-bond donors (Lipinski definition) is 2. The van der Waals surface area contributed by atoms with E-state index < -0.39 is 10.0 Å². The number of nitrogens with zero attached hydrogens (tertiary/aromatic N) is 3. The van der Waals surface area contributed by atoms with Crippen LogP contribution >= 0.6 is 0 Å². The number of hydrogen-bond acceptors (Lipinski definition) is 5. The van der Waals surface area contributed by atoms with Crippen molar-refractivity contribution in [1.82, 2.24) is 19.8 Å². The van der Waals surface area contributed by atoms with Crippen molar-refractivity contribution in [2.75, 3.05) is 24.7 Å². The van der Waals surface area contributed by atoms with Crippen LogP contribution in [0, 0.1) is 5.82 Å². The van der Waals surface area contributed by atoms with Gasteiger partial charge in [0.1, 0.15) is 5.82 Å². The fraction of sp³-hybridized carbons (Fsp3) is 0.360. The third-order valence-electron chi connectivity index (χ3n) is 6.47. The average Bonchev–Trinajstić information content (AvgIpc) is 3.33. The first kappa shape index (κ1) is 24.4. The van der Waals surface area contributed by atoms with E-state index in [0.717, 1.165) is 35.5 Å². The van der Waals surface area contributed by atoms with Crippen molar-refractivity contribution in [2.24, 2.45) is 0 Å². The second kappa shape index (κ2) is 10.4. The van der Waals surface area contributed by atoms with E-state index in [1.807, 2.05) is 0 Å². The van der Waals surface area contributed by atoms with Crippen molar-refractivity contribution in [3.63, 3.8) is 0 Å². The maximum atomic E-state index is 13.3. The van der Waals surface area contributed by atoms with Gasteiger partial charge in [-0.15, -0.1) is 0 Å². The first-order chi connectivity index (χ1) is 17.4. The van der Waals surface area contributed by atoms with Crippen LogP contribution < -0.4 is 14.9 Å². The number of halogens is 1. The van der Waals surface area contributed by atoms with E-state index in [9.17, 15) is 17.6 Å². The largest absolute Gasteiger partial charge is 0.381 e. The molecule has 2 aliphatic heterocycles. The van der Waals surface area contributed by atoms with Crippen molar-refractivity contribution >= 4 is 21.7 Å². The van der Waals surface area contributed by atoms with Gasteiger partial charge in [0.2, 0.25) is 10.0 Å². The highest BCUT2D eigenvalue weighted by Gasteiger charge is 2.27. The van der Waals surface area contributed by atoms with Crippen molar-refractivity contribution in [2.45, 2.75) is 43.2 Å². The van der Waals surface area contributed by atoms with Gasteiger partial charge in [0.05, 0.1) is 28.2 Å². The first-order valence-electron chi connectivity index (χ1n) is 12.0. The number of ether oxygens (including phenoxy) is 1. The van der Waals surface area contributed by atoms with E-state index in [-0.39, 0.29) is 29.3 Å². The Morgan fingerprint density at radius 3 is 2.53 bits per heavy atom. The third kappa shape index (κ3) is 5.28. The fourth-order valence-electron chi connectivity index (χ4n) is 4.53. The van der Waals surface area contributed by atoms with Gasteiger partial charge in [-0.05, 0) is 67.6 Å². The molecule has 5 rings (SSSR count). The number of carbonyl (C=O) groups excluding carboxylic acids is 1. The maximum absolute atomic E-state index is 13.3. The number of carbonyl (C=O) groups is 1. The second-order valence-electron chi connectivity index (χ2n) is 8.93. The molecule has 0 bridgehead atoms. The lowest BCUT2D eigenvalue weighted by atomic mass is 10.1. The summed E-state index contributed by atoms with van der Waals surface area (Å²) in [5, 5.41) is 7.34. The number of amides is 2. The monoisotopic (exact) mass is 513 g/mol. The van der Waals surface area contributed by atoms with Gasteiger partial charge >= 0.3 is 6.03 Å². The Morgan fingerprint density at radius 1 is 1.08 bits per heavy atom. The molecule has 0 radical (unpaired) electrons. The fourth-order valence-corrected chi connectivity index (χ4v) is 5.83. The van der Waals surface area contributed by atoms with E-state index in [1.54, 1.807) is 52.2 Å². The molecule has 11 heteroatoms. The molecule has 2 aliphatic rings. The summed E-state index contributed by atoms with van der Waals surface area (Å²) in [7, 11) is -3.61. The highest BCUT2D eigenvalue weighted by atomic mass is 32.2. The van der Waals surface area contributed by atoms with Crippen LogP contribution in [0.2, 0.25) is 0 Å². The number of anilines is 1. The maximum Gasteiger partial charge on any atom is 0.322 e. The summed E-state index contributed by atoms with van der Waals surface area (Å²) in [6.07, 6.45) is 4.51. The minimum atomic E-state index is -3.61. The van der Waals surface area contributed by atoms with Crippen LogP contribution in [-0.2, 0) is 27.7 Å². The lowest BCUT2D eigenvalue weighted by Gasteiger charge is -2.27. The van der Waals surface area contributed by atoms with Gasteiger partial charge < -0.3 is 10.1 Å². The normalized spacial score (nSPS) is 16.5. The Kier molecular flexibility index (Phi) is 7.04. The van der Waals surface area contributed by atoms with Crippen LogP contribution in [0.3, 0.4) is 0 Å². The number of sulfonamides is 1. The van der Waals surface area contributed by atoms with Crippen molar-refractivity contribution in [3.8, 4) is 5.69 Å². The summed E-state index contributed by atoms with van der Waals surface area (Å²) in [5.74, 6) is -0.318. The van der Waals surface area contributed by atoms with Gasteiger partial charge in [0.15, 0.2) is 0 Å². The minimum Gasteiger partial charge on any atom is -0.381 e. The van der Waals surface area contributed by atoms with Crippen LogP contribution in [0.15, 0.2) is 59.6 Å². The summed E-state index contributed by atoms with van der Waals surface area (Å²) in [5.41, 5.74) is 3.15. The molecular formula is C25H28FN5O4S. The van der Waals surface area contributed by atoms with Crippen LogP contribution in [0.25, 0.3) is 5.69 Å². The molecule has 0 spiro atoms. The molecule has 2 amide bonds. The molecule has 36 heavy (non-hydrogen) atoms. The molecule has 1 saturated heterocycles. The lowest BCUT2D eigenvalue weighted by Crippen LogP contribution is -2.42. The van der Waals surface area contributed by atoms with Gasteiger partial charge in [-0.3, -0.25) is 4.90 Å². The minimum absolute atomic E-state index is 0.121. The summed E-state index contributed by atoms with van der Waals surface area (Å²) in [4.78, 5) is 14.8. The number of fused-ring (bicyclic) bond motifs is 1. The zero-order valence-corrected chi connectivity index (χ0v) is 20.5. The summed E-state index contributed by atoms with van der Waals surface area (Å²) in [6.45, 7) is 1.92. The van der Waals surface area contributed by atoms with Gasteiger partial charge in [-0.1, -0.05) is 12.1 Å². The average molecular weight is 514 g/mol. The predicted octanol–water partition coefficient (Wildman–Crippen LogP) is 3.13. The number of urea groups is 1. The van der Waals surface area contributed by atoms with Crippen molar-refractivity contribution in [1.29, 1.82) is 0 Å². The molecule has 3 aromatic rings. The van der Waals surface area contributed by atoms with E-state index in [2.05, 4.69) is 15.1 Å². The standard InChI is InChI=1S/C25H28FN5O4S/c26-19-5-7-21(8-6-19)31-23-2-1-13-30(24(23)17-28-31)25(32)27-16-18-3-9-22(10-4-18)36(33,34)29-20-11-14-35-15-12-20/h3-10,17,20,29H,1-2,11-16H2,(H,27,32). The number of nitrogens with one attached hydrogen (secondary N) is 2. The zero-order valence-electron chi connectivity index (χ0n) is 19.7. The summed E-state index contributed by atoms with van der Waals surface area (Å²) in [6, 6.07) is 12.2. The molecule has 190 valence electrons. The van der Waals surface area contributed by atoms with Gasteiger partial charge in [0.25, 0.3) is 0 Å². The quantitative estimate of drug-likeness (QED) is 0.527. The van der Waals surface area contributed by atoms with Crippen LogP contribution in [0.4, 0.5) is 14.9 Å². The Balaban J connectivity index is 1.22. The van der Waals surface area contributed by atoms with Gasteiger partial charge in [-0.25, -0.2) is 27.0 Å². The zero-order chi connectivity index (χ0) is 25.1. The van der Waals surface area contributed by atoms with Crippen LogP contribution in [0.1, 0.15) is 30.5 Å². The number of aromatic nitrogens is 2. The SMILES string of the molecule is O=C(NCc1ccc(S(=O)(=O)NC2CCOCC2)cc1)N1CCCc2c1cnn2-c1ccc(F)cc1. The molecular weight excluding hydrogens is 485 g/mol. The molecule has 1 aromatic heterocycles. The Bertz CT molecular complexity index is 1320. The molecule has 0 unspecified atom stereocenters. The van der Waals surface area contributed by atoms with E-state index in [1.165, 1.54) is 12.1 Å². The molecule has 3 heterocycles. The first-order valence-corrected chi connectivity index (χ1v) is 13.5. The predicted molar refractivity (Wildman–Crippen MR) is 132 cm³/mol. The lowest BCUT2D eigenvalue weighted by molar-refractivity contribution is 0.0832. The van der Waals surface area contributed by atoms with Crippen molar-refractivity contribution < 1.29 is 22.3 Å². The Morgan fingerprint density at radius 2 is 1.81 bits per heavy atom. The van der Waals surface area contributed by atoms with E-state index in [4.69, 9.17) is 4.74 Å². The number of rotatable bonds is 6. The molecule has 2 N–H and O–H groups in total. The molecule has 1 fully saturated rings. The smallest absolute Gasteiger partial charge is 0.322 e. The van der Waals surface area contributed by atoms with Crippen molar-refractivity contribution in [3.05, 3.63) is 71.8 Å². The highest BCUT2D eigenvalue weighted by Crippen LogP contribution is 2.29. The van der Waals surface area contributed by atoms with Crippen LogP contribution in [-0.4, -0.2) is 50.0 Å². The second-order valence-corrected chi connectivity index (χ2v) is 10.6. The van der Waals surface area contributed by atoms with E-state index in [0.29, 0.717) is 32.6 Å². The molecule has 0 saturated carbocycles. The molecule has 2 aromatic carbocycles. The highest BCUT2D eigenvalue weighted by molar-refractivity contribution is 7.89. The number of benzene rings is 2. The van der Waals surface area contributed by atoms with Gasteiger partial charge in [0, 0.05) is 32.3 Å². The molecule has 0 atom stereocenters. The van der Waals surface area contributed by atoms with E-state index >= 15 is 0 Å². The topological polar surface area (TPSA) is 106 Å². The summed E-state index contributed by atoms with van der Waals surface area (Å²) < 4.78 is 48.4.